The number of nitrogens with zero attached hydrogens (tertiary/aromatic N) is 2. The third-order valence-corrected chi connectivity index (χ3v) is 6.53. The Kier molecular flexibility index (Phi) is 6.92. The summed E-state index contributed by atoms with van der Waals surface area (Å²) in [5.74, 6) is -0.418. The van der Waals surface area contributed by atoms with Gasteiger partial charge in [0, 0.05) is 41.9 Å². The van der Waals surface area contributed by atoms with Crippen molar-refractivity contribution >= 4 is 23.2 Å². The molecule has 0 aromatic heterocycles. The first-order chi connectivity index (χ1) is 15.4. The van der Waals surface area contributed by atoms with Gasteiger partial charge in [0.25, 0.3) is 5.91 Å². The molecule has 1 amide bonds. The number of carbonyl (C=O) groups excluding carboxylic acids is 1. The van der Waals surface area contributed by atoms with Gasteiger partial charge in [0.2, 0.25) is 0 Å². The summed E-state index contributed by atoms with van der Waals surface area (Å²) in [5, 5.41) is 0.526. The van der Waals surface area contributed by atoms with E-state index in [1.54, 1.807) is 36.4 Å². The van der Waals surface area contributed by atoms with Crippen LogP contribution in [-0.2, 0) is 6.54 Å². The first kappa shape index (κ1) is 22.5. The lowest BCUT2D eigenvalue weighted by Crippen LogP contribution is -2.47. The number of hydrogen-bond acceptors (Lipinski definition) is 2. The standard InChI is InChI=1S/C27H28ClFN2O/c1-19-6-7-21(16-20(19)2)18-30-14-12-26(13-15-30)31(25-10-8-24(29)9-11-25)27(32)22-4-3-5-23(28)17-22/h3-11,16-17,26H,12-15,18H2,1-2H3. The Hall–Kier alpha value is -2.69. The van der Waals surface area contributed by atoms with Crippen LogP contribution in [0.4, 0.5) is 10.1 Å². The highest BCUT2D eigenvalue weighted by atomic mass is 35.5. The van der Waals surface area contributed by atoms with Crippen molar-refractivity contribution in [2.45, 2.75) is 39.3 Å². The Balaban J connectivity index is 1.51. The highest BCUT2D eigenvalue weighted by molar-refractivity contribution is 6.31. The summed E-state index contributed by atoms with van der Waals surface area (Å²) in [4.78, 5) is 17.7. The number of aryl methyl sites for hydroxylation is 2. The molecular formula is C27H28ClFN2O. The molecule has 0 bridgehead atoms. The molecule has 3 nitrogen and oxygen atoms in total. The summed E-state index contributed by atoms with van der Waals surface area (Å²) in [5.41, 5.74) is 5.19. The lowest BCUT2D eigenvalue weighted by molar-refractivity contribution is 0.0958. The molecule has 0 saturated carbocycles. The van der Waals surface area contributed by atoms with E-state index in [1.807, 2.05) is 4.90 Å². The van der Waals surface area contributed by atoms with Crippen LogP contribution in [0.25, 0.3) is 0 Å². The monoisotopic (exact) mass is 450 g/mol. The first-order valence-corrected chi connectivity index (χ1v) is 11.4. The number of rotatable bonds is 5. The second kappa shape index (κ2) is 9.85. The molecule has 0 N–H and O–H groups in total. The molecule has 1 aliphatic rings. The molecule has 1 fully saturated rings. The predicted octanol–water partition coefficient (Wildman–Crippen LogP) is 6.41. The fraction of sp³-hybridized carbons (Fsp3) is 0.296. The number of benzene rings is 3. The lowest BCUT2D eigenvalue weighted by Gasteiger charge is -2.38. The molecule has 166 valence electrons. The highest BCUT2D eigenvalue weighted by Gasteiger charge is 2.30. The van der Waals surface area contributed by atoms with E-state index in [4.69, 9.17) is 11.6 Å². The van der Waals surface area contributed by atoms with Crippen LogP contribution < -0.4 is 4.90 Å². The molecule has 0 aliphatic carbocycles. The van der Waals surface area contributed by atoms with E-state index in [0.717, 1.165) is 32.5 Å². The van der Waals surface area contributed by atoms with Crippen LogP contribution in [0.5, 0.6) is 0 Å². The molecule has 1 aliphatic heterocycles. The normalized spacial score (nSPS) is 15.0. The van der Waals surface area contributed by atoms with Gasteiger partial charge >= 0.3 is 0 Å². The SMILES string of the molecule is Cc1ccc(CN2CCC(N(C(=O)c3cccc(Cl)c3)c3ccc(F)cc3)CC2)cc1C. The van der Waals surface area contributed by atoms with Crippen molar-refractivity contribution in [1.82, 2.24) is 4.90 Å². The maximum absolute atomic E-state index is 13.6. The predicted molar refractivity (Wildman–Crippen MR) is 129 cm³/mol. The first-order valence-electron chi connectivity index (χ1n) is 11.0. The molecule has 0 unspecified atom stereocenters. The molecule has 1 heterocycles. The quantitative estimate of drug-likeness (QED) is 0.448. The van der Waals surface area contributed by atoms with E-state index in [1.165, 1.54) is 28.8 Å². The highest BCUT2D eigenvalue weighted by Crippen LogP contribution is 2.27. The van der Waals surface area contributed by atoms with Gasteiger partial charge in [-0.05, 0) is 85.8 Å². The lowest BCUT2D eigenvalue weighted by atomic mass is 9.99. The minimum atomic E-state index is -0.313. The van der Waals surface area contributed by atoms with Gasteiger partial charge in [0.05, 0.1) is 0 Å². The van der Waals surface area contributed by atoms with E-state index in [2.05, 4.69) is 36.9 Å². The van der Waals surface area contributed by atoms with E-state index in [0.29, 0.717) is 16.3 Å². The van der Waals surface area contributed by atoms with Gasteiger partial charge in [-0.1, -0.05) is 35.9 Å². The zero-order valence-corrected chi connectivity index (χ0v) is 19.3. The minimum Gasteiger partial charge on any atom is -0.305 e. The third kappa shape index (κ3) is 5.20. The van der Waals surface area contributed by atoms with Crippen LogP contribution in [0.15, 0.2) is 66.7 Å². The van der Waals surface area contributed by atoms with Gasteiger partial charge in [0.1, 0.15) is 5.82 Å². The van der Waals surface area contributed by atoms with Crippen LogP contribution in [0.1, 0.15) is 39.9 Å². The minimum absolute atomic E-state index is 0.0444. The molecular weight excluding hydrogens is 423 g/mol. The van der Waals surface area contributed by atoms with Gasteiger partial charge in [-0.3, -0.25) is 9.69 Å². The van der Waals surface area contributed by atoms with Gasteiger partial charge < -0.3 is 4.90 Å². The Bertz CT molecular complexity index is 1090. The number of hydrogen-bond donors (Lipinski definition) is 0. The summed E-state index contributed by atoms with van der Waals surface area (Å²) in [6, 6.07) is 19.9. The van der Waals surface area contributed by atoms with Crippen LogP contribution in [0, 0.1) is 19.7 Å². The topological polar surface area (TPSA) is 23.6 Å². The van der Waals surface area contributed by atoms with E-state index in [-0.39, 0.29) is 17.8 Å². The number of halogens is 2. The fourth-order valence-electron chi connectivity index (χ4n) is 4.35. The van der Waals surface area contributed by atoms with E-state index < -0.39 is 0 Å². The average Bonchev–Trinajstić information content (AvgIpc) is 2.79. The van der Waals surface area contributed by atoms with Crippen molar-refractivity contribution in [2.24, 2.45) is 0 Å². The zero-order valence-electron chi connectivity index (χ0n) is 18.5. The summed E-state index contributed by atoms with van der Waals surface area (Å²) in [6.45, 7) is 6.99. The molecule has 5 heteroatoms. The van der Waals surface area contributed by atoms with Crippen molar-refractivity contribution in [1.29, 1.82) is 0 Å². The van der Waals surface area contributed by atoms with Crippen LogP contribution in [0.2, 0.25) is 5.02 Å². The zero-order chi connectivity index (χ0) is 22.7. The third-order valence-electron chi connectivity index (χ3n) is 6.29. The maximum atomic E-state index is 13.6. The number of anilines is 1. The summed E-state index contributed by atoms with van der Waals surface area (Å²) < 4.78 is 13.6. The van der Waals surface area contributed by atoms with E-state index >= 15 is 0 Å². The Morgan fingerprint density at radius 1 is 1.00 bits per heavy atom. The Morgan fingerprint density at radius 3 is 2.38 bits per heavy atom. The molecule has 32 heavy (non-hydrogen) atoms. The number of piperidine rings is 1. The van der Waals surface area contributed by atoms with Crippen molar-refractivity contribution in [2.75, 3.05) is 18.0 Å². The molecule has 0 atom stereocenters. The smallest absolute Gasteiger partial charge is 0.258 e. The Morgan fingerprint density at radius 2 is 1.72 bits per heavy atom. The fourth-order valence-corrected chi connectivity index (χ4v) is 4.54. The number of carbonyl (C=O) groups is 1. The molecule has 3 aromatic carbocycles. The average molecular weight is 451 g/mol. The summed E-state index contributed by atoms with van der Waals surface area (Å²) >= 11 is 6.14. The van der Waals surface area contributed by atoms with Crippen LogP contribution in [0.3, 0.4) is 0 Å². The second-order valence-electron chi connectivity index (χ2n) is 8.59. The summed E-state index contributed by atoms with van der Waals surface area (Å²) in [7, 11) is 0. The van der Waals surface area contributed by atoms with Gasteiger partial charge in [-0.15, -0.1) is 0 Å². The number of amides is 1. The largest absolute Gasteiger partial charge is 0.305 e. The van der Waals surface area contributed by atoms with Gasteiger partial charge in [0.15, 0.2) is 0 Å². The van der Waals surface area contributed by atoms with Crippen LogP contribution >= 0.6 is 11.6 Å². The van der Waals surface area contributed by atoms with Crippen molar-refractivity contribution in [3.05, 3.63) is 99.8 Å². The van der Waals surface area contributed by atoms with Gasteiger partial charge in [-0.25, -0.2) is 4.39 Å². The second-order valence-corrected chi connectivity index (χ2v) is 9.02. The van der Waals surface area contributed by atoms with Gasteiger partial charge in [-0.2, -0.15) is 0 Å². The molecule has 4 rings (SSSR count). The number of likely N-dealkylation sites (tertiary alicyclic amines) is 1. The summed E-state index contributed by atoms with van der Waals surface area (Å²) in [6.07, 6.45) is 1.71. The molecule has 0 radical (unpaired) electrons. The molecule has 3 aromatic rings. The molecule has 1 saturated heterocycles. The molecule has 0 spiro atoms. The van der Waals surface area contributed by atoms with Crippen molar-refractivity contribution < 1.29 is 9.18 Å². The van der Waals surface area contributed by atoms with Crippen LogP contribution in [-0.4, -0.2) is 29.9 Å². The van der Waals surface area contributed by atoms with Crippen molar-refractivity contribution in [3.63, 3.8) is 0 Å². The maximum Gasteiger partial charge on any atom is 0.258 e. The Labute approximate surface area is 194 Å². The van der Waals surface area contributed by atoms with E-state index in [9.17, 15) is 9.18 Å². The van der Waals surface area contributed by atoms with Crippen molar-refractivity contribution in [3.8, 4) is 0 Å².